The molecular formula is C7H7NO. The summed E-state index contributed by atoms with van der Waals surface area (Å²) in [5.74, 6) is 0. The van der Waals surface area contributed by atoms with Gasteiger partial charge >= 0.3 is 0 Å². The third kappa shape index (κ3) is 1.08. The highest BCUT2D eigenvalue weighted by molar-refractivity contribution is 6.09. The van der Waals surface area contributed by atoms with Crippen LogP contribution in [-0.4, -0.2) is 10.8 Å². The van der Waals surface area contributed by atoms with Gasteiger partial charge in [0.2, 0.25) is 0 Å². The third-order valence-corrected chi connectivity index (χ3v) is 1.10. The number of aliphatic hydroxyl groups is 1. The van der Waals surface area contributed by atoms with Crippen molar-refractivity contribution < 1.29 is 5.11 Å². The first kappa shape index (κ1) is 5.82. The van der Waals surface area contributed by atoms with Gasteiger partial charge in [0.1, 0.15) is 0 Å². The Morgan fingerprint density at radius 3 is 2.44 bits per heavy atom. The molecule has 0 bridgehead atoms. The van der Waals surface area contributed by atoms with E-state index in [1.165, 1.54) is 0 Å². The first-order chi connectivity index (χ1) is 4.34. The second-order valence-corrected chi connectivity index (χ2v) is 1.72. The molecule has 1 aliphatic rings. The van der Waals surface area contributed by atoms with Gasteiger partial charge in [0, 0.05) is 5.57 Å². The van der Waals surface area contributed by atoms with E-state index in [1.54, 1.807) is 24.3 Å². The van der Waals surface area contributed by atoms with Gasteiger partial charge in [0.15, 0.2) is 0 Å². The molecule has 2 nitrogen and oxygen atoms in total. The summed E-state index contributed by atoms with van der Waals surface area (Å²) >= 11 is 0. The van der Waals surface area contributed by atoms with Gasteiger partial charge in [-0.25, -0.2) is 0 Å². The van der Waals surface area contributed by atoms with E-state index >= 15 is 0 Å². The fourth-order valence-corrected chi connectivity index (χ4v) is 0.610. The second kappa shape index (κ2) is 2.31. The third-order valence-electron chi connectivity index (χ3n) is 1.10. The molecule has 2 heteroatoms. The molecule has 0 radical (unpaired) electrons. The molecule has 2 N–H and O–H groups in total. The van der Waals surface area contributed by atoms with Crippen molar-refractivity contribution in [3.05, 3.63) is 36.1 Å². The van der Waals surface area contributed by atoms with Crippen LogP contribution in [0.25, 0.3) is 0 Å². The summed E-state index contributed by atoms with van der Waals surface area (Å²) in [5.41, 5.74) is 0.900. The summed E-state index contributed by atoms with van der Waals surface area (Å²) < 4.78 is 0. The normalized spacial score (nSPS) is 21.3. The van der Waals surface area contributed by atoms with Gasteiger partial charge in [-0.2, -0.15) is 0 Å². The van der Waals surface area contributed by atoms with E-state index in [0.29, 0.717) is 11.3 Å². The van der Waals surface area contributed by atoms with Gasteiger partial charge in [-0.15, -0.1) is 0 Å². The number of nitrogens with one attached hydrogen (secondary N) is 1. The molecule has 0 saturated heterocycles. The summed E-state index contributed by atoms with van der Waals surface area (Å²) in [6.45, 7) is 0. The summed E-state index contributed by atoms with van der Waals surface area (Å²) in [4.78, 5) is 0. The van der Waals surface area contributed by atoms with Crippen molar-refractivity contribution in [2.75, 3.05) is 0 Å². The fourth-order valence-electron chi connectivity index (χ4n) is 0.610. The second-order valence-electron chi connectivity index (χ2n) is 1.72. The Bertz CT molecular complexity index is 211. The van der Waals surface area contributed by atoms with Crippen LogP contribution in [0.15, 0.2) is 36.1 Å². The number of hydrogen-bond acceptors (Lipinski definition) is 2. The lowest BCUT2D eigenvalue weighted by molar-refractivity contribution is 0.471. The van der Waals surface area contributed by atoms with Gasteiger partial charge in [-0.3, -0.25) is 0 Å². The zero-order chi connectivity index (χ0) is 6.69. The van der Waals surface area contributed by atoms with Gasteiger partial charge in [-0.1, -0.05) is 12.2 Å². The molecule has 0 aromatic rings. The molecular weight excluding hydrogens is 114 g/mol. The van der Waals surface area contributed by atoms with Gasteiger partial charge < -0.3 is 10.5 Å². The number of hydrogen-bond donors (Lipinski definition) is 2. The van der Waals surface area contributed by atoms with Crippen molar-refractivity contribution in [1.29, 1.82) is 5.41 Å². The van der Waals surface area contributed by atoms with Crippen LogP contribution in [0.3, 0.4) is 0 Å². The van der Waals surface area contributed by atoms with Crippen LogP contribution in [0.5, 0.6) is 0 Å². The molecule has 0 saturated carbocycles. The Labute approximate surface area is 53.3 Å². The molecule has 0 unspecified atom stereocenters. The first-order valence-corrected chi connectivity index (χ1v) is 2.62. The molecule has 1 aliphatic carbocycles. The standard InChI is InChI=1S/C7H7NO/c8-7-4-2-1-3-6(7)5-9/h1-5,8-9H/b6-5-,8-7?. The van der Waals surface area contributed by atoms with Crippen molar-refractivity contribution >= 4 is 5.71 Å². The number of rotatable bonds is 0. The average molecular weight is 121 g/mol. The van der Waals surface area contributed by atoms with Crippen molar-refractivity contribution in [2.24, 2.45) is 0 Å². The van der Waals surface area contributed by atoms with Crippen LogP contribution < -0.4 is 0 Å². The van der Waals surface area contributed by atoms with Crippen LogP contribution in [0.4, 0.5) is 0 Å². The minimum absolute atomic E-state index is 0.347. The van der Waals surface area contributed by atoms with E-state index in [0.717, 1.165) is 6.26 Å². The Morgan fingerprint density at radius 1 is 1.33 bits per heavy atom. The maximum Gasteiger partial charge on any atom is 0.0885 e. The molecule has 0 atom stereocenters. The van der Waals surface area contributed by atoms with E-state index in [1.807, 2.05) is 0 Å². The quantitative estimate of drug-likeness (QED) is 0.469. The zero-order valence-electron chi connectivity index (χ0n) is 4.83. The Kier molecular flexibility index (Phi) is 1.49. The highest BCUT2D eigenvalue weighted by Crippen LogP contribution is 2.04. The van der Waals surface area contributed by atoms with Crippen LogP contribution in [0, 0.1) is 5.41 Å². The zero-order valence-corrected chi connectivity index (χ0v) is 4.83. The van der Waals surface area contributed by atoms with E-state index < -0.39 is 0 Å². The Balaban J connectivity index is 2.91. The minimum Gasteiger partial charge on any atom is -0.515 e. The summed E-state index contributed by atoms with van der Waals surface area (Å²) in [5, 5.41) is 15.7. The van der Waals surface area contributed by atoms with E-state index in [-0.39, 0.29) is 0 Å². The maximum atomic E-state index is 8.47. The fraction of sp³-hybridized carbons (Fsp3) is 0. The maximum absolute atomic E-state index is 8.47. The monoisotopic (exact) mass is 121 g/mol. The highest BCUT2D eigenvalue weighted by atomic mass is 16.2. The summed E-state index contributed by atoms with van der Waals surface area (Å²) in [7, 11) is 0. The van der Waals surface area contributed by atoms with E-state index in [2.05, 4.69) is 0 Å². The van der Waals surface area contributed by atoms with Gasteiger partial charge in [0.05, 0.1) is 12.0 Å². The molecule has 0 amide bonds. The molecule has 0 heterocycles. The molecule has 0 aromatic carbocycles. The van der Waals surface area contributed by atoms with Crippen molar-refractivity contribution in [2.45, 2.75) is 0 Å². The van der Waals surface area contributed by atoms with E-state index in [9.17, 15) is 0 Å². The van der Waals surface area contributed by atoms with Gasteiger partial charge in [0.25, 0.3) is 0 Å². The lowest BCUT2D eigenvalue weighted by Crippen LogP contribution is -1.96. The minimum atomic E-state index is 0.347. The summed E-state index contributed by atoms with van der Waals surface area (Å²) in [6, 6.07) is 0. The molecule has 0 spiro atoms. The highest BCUT2D eigenvalue weighted by Gasteiger charge is 1.98. The largest absolute Gasteiger partial charge is 0.515 e. The molecule has 0 aromatic heterocycles. The molecule has 1 rings (SSSR count). The van der Waals surface area contributed by atoms with Crippen LogP contribution >= 0.6 is 0 Å². The SMILES string of the molecule is N=C1C=CC=C/C1=C/O. The lowest BCUT2D eigenvalue weighted by Gasteiger charge is -1.99. The van der Waals surface area contributed by atoms with Crippen LogP contribution in [0.1, 0.15) is 0 Å². The molecule has 0 fully saturated rings. The van der Waals surface area contributed by atoms with Crippen molar-refractivity contribution in [3.8, 4) is 0 Å². The lowest BCUT2D eigenvalue weighted by atomic mass is 10.1. The molecule has 9 heavy (non-hydrogen) atoms. The first-order valence-electron chi connectivity index (χ1n) is 2.62. The van der Waals surface area contributed by atoms with Crippen LogP contribution in [0.2, 0.25) is 0 Å². The molecule has 0 aliphatic heterocycles. The van der Waals surface area contributed by atoms with Crippen molar-refractivity contribution in [3.63, 3.8) is 0 Å². The summed E-state index contributed by atoms with van der Waals surface area (Å²) in [6.07, 6.45) is 7.78. The molecule has 46 valence electrons. The topological polar surface area (TPSA) is 44.1 Å². The number of aliphatic hydroxyl groups excluding tert-OH is 1. The van der Waals surface area contributed by atoms with E-state index in [4.69, 9.17) is 10.5 Å². The average Bonchev–Trinajstić information content (AvgIpc) is 1.89. The Hall–Kier alpha value is -1.31. The van der Waals surface area contributed by atoms with Crippen molar-refractivity contribution in [1.82, 2.24) is 0 Å². The smallest absolute Gasteiger partial charge is 0.0885 e. The Morgan fingerprint density at radius 2 is 2.00 bits per heavy atom. The predicted molar refractivity (Wildman–Crippen MR) is 36.7 cm³/mol. The number of allylic oxidation sites excluding steroid dienone is 5. The van der Waals surface area contributed by atoms with Gasteiger partial charge in [-0.05, 0) is 12.2 Å². The predicted octanol–water partition coefficient (Wildman–Crippen LogP) is 1.57. The van der Waals surface area contributed by atoms with Crippen LogP contribution in [-0.2, 0) is 0 Å².